The number of hydrogen-bond acceptors (Lipinski definition) is 5. The van der Waals surface area contributed by atoms with Gasteiger partial charge in [0.15, 0.2) is 5.16 Å². The molecule has 0 fully saturated rings. The van der Waals surface area contributed by atoms with Crippen LogP contribution in [0.25, 0.3) is 0 Å². The predicted octanol–water partition coefficient (Wildman–Crippen LogP) is 1.02. The van der Waals surface area contributed by atoms with E-state index >= 15 is 0 Å². The fourth-order valence-electron chi connectivity index (χ4n) is 1.53. The summed E-state index contributed by atoms with van der Waals surface area (Å²) in [5.74, 6) is -1.03. The zero-order valence-corrected chi connectivity index (χ0v) is 10.9. The van der Waals surface area contributed by atoms with Crippen molar-refractivity contribution in [1.29, 1.82) is 0 Å². The molecule has 1 aromatic carbocycles. The summed E-state index contributed by atoms with van der Waals surface area (Å²) in [5, 5.41) is 15.6. The third-order valence-corrected chi connectivity index (χ3v) is 3.58. The number of nitrogens with two attached hydrogens (primary N) is 1. The number of aromatic nitrogens is 3. The van der Waals surface area contributed by atoms with Gasteiger partial charge in [0.2, 0.25) is 0 Å². The number of carboxylic acids is 1. The van der Waals surface area contributed by atoms with Crippen molar-refractivity contribution < 1.29 is 9.90 Å². The molecule has 0 saturated heterocycles. The number of carboxylic acid groups (broad SMARTS) is 1. The van der Waals surface area contributed by atoms with Crippen LogP contribution in [0.4, 0.5) is 5.69 Å². The highest BCUT2D eigenvalue weighted by atomic mass is 32.2. The van der Waals surface area contributed by atoms with Gasteiger partial charge in [-0.05, 0) is 36.9 Å². The van der Waals surface area contributed by atoms with Crippen molar-refractivity contribution in [2.24, 2.45) is 0 Å². The summed E-state index contributed by atoms with van der Waals surface area (Å²) in [6, 6.07) is 4.44. The molecule has 19 heavy (non-hydrogen) atoms. The highest BCUT2D eigenvalue weighted by molar-refractivity contribution is 7.99. The predicted molar refractivity (Wildman–Crippen MR) is 70.5 cm³/mol. The maximum absolute atomic E-state index is 11.4. The van der Waals surface area contributed by atoms with E-state index in [1.807, 2.05) is 6.92 Å². The van der Waals surface area contributed by atoms with Gasteiger partial charge in [-0.2, -0.15) is 0 Å². The summed E-state index contributed by atoms with van der Waals surface area (Å²) >= 11 is 1.21. The largest absolute Gasteiger partial charge is 0.478 e. The SMILES string of the molecule is CCn1c(Sc2ccc(C(=O)O)cc2N)n[nH]c1=O. The van der Waals surface area contributed by atoms with E-state index in [0.29, 0.717) is 22.3 Å². The second-order valence-corrected chi connectivity index (χ2v) is 4.72. The van der Waals surface area contributed by atoms with Crippen molar-refractivity contribution in [2.75, 3.05) is 5.73 Å². The smallest absolute Gasteiger partial charge is 0.343 e. The van der Waals surface area contributed by atoms with Crippen LogP contribution in [0.1, 0.15) is 17.3 Å². The molecule has 0 amide bonds. The van der Waals surface area contributed by atoms with Crippen LogP contribution in [-0.4, -0.2) is 25.8 Å². The lowest BCUT2D eigenvalue weighted by Crippen LogP contribution is -2.16. The number of anilines is 1. The fraction of sp³-hybridized carbons (Fsp3) is 0.182. The summed E-state index contributed by atoms with van der Waals surface area (Å²) in [6.45, 7) is 2.32. The highest BCUT2D eigenvalue weighted by Gasteiger charge is 2.12. The van der Waals surface area contributed by atoms with Gasteiger partial charge in [0.25, 0.3) is 0 Å². The number of H-pyrrole nitrogens is 1. The molecule has 0 atom stereocenters. The molecule has 100 valence electrons. The van der Waals surface area contributed by atoms with Crippen molar-refractivity contribution in [3.8, 4) is 0 Å². The minimum Gasteiger partial charge on any atom is -0.478 e. The Kier molecular flexibility index (Phi) is 3.61. The van der Waals surface area contributed by atoms with E-state index in [1.165, 1.54) is 28.5 Å². The van der Waals surface area contributed by atoms with Crippen LogP contribution < -0.4 is 11.4 Å². The summed E-state index contributed by atoms with van der Waals surface area (Å²) in [5.41, 5.74) is 5.97. The minimum atomic E-state index is -1.03. The molecule has 2 rings (SSSR count). The van der Waals surface area contributed by atoms with E-state index in [9.17, 15) is 9.59 Å². The first-order valence-electron chi connectivity index (χ1n) is 5.48. The van der Waals surface area contributed by atoms with Gasteiger partial charge in [-0.15, -0.1) is 5.10 Å². The van der Waals surface area contributed by atoms with E-state index in [0.717, 1.165) is 0 Å². The molecule has 0 saturated carbocycles. The lowest BCUT2D eigenvalue weighted by molar-refractivity contribution is 0.0697. The van der Waals surface area contributed by atoms with Crippen LogP contribution in [0.2, 0.25) is 0 Å². The van der Waals surface area contributed by atoms with Crippen LogP contribution in [-0.2, 0) is 6.54 Å². The lowest BCUT2D eigenvalue weighted by atomic mass is 10.2. The van der Waals surface area contributed by atoms with Crippen LogP contribution in [0.5, 0.6) is 0 Å². The van der Waals surface area contributed by atoms with Crippen molar-refractivity contribution in [3.05, 3.63) is 34.2 Å². The molecule has 2 aromatic rings. The number of rotatable bonds is 4. The molecule has 1 heterocycles. The maximum Gasteiger partial charge on any atom is 0.343 e. The van der Waals surface area contributed by atoms with Crippen molar-refractivity contribution in [1.82, 2.24) is 14.8 Å². The molecule has 0 aliphatic carbocycles. The Morgan fingerprint density at radius 2 is 2.32 bits per heavy atom. The Morgan fingerprint density at radius 3 is 2.89 bits per heavy atom. The third kappa shape index (κ3) is 2.63. The molecule has 0 spiro atoms. The van der Waals surface area contributed by atoms with Crippen LogP contribution in [0.15, 0.2) is 33.0 Å². The summed E-state index contributed by atoms with van der Waals surface area (Å²) in [4.78, 5) is 22.9. The summed E-state index contributed by atoms with van der Waals surface area (Å²) in [6.07, 6.45) is 0. The van der Waals surface area contributed by atoms with Gasteiger partial charge in [-0.1, -0.05) is 0 Å². The van der Waals surface area contributed by atoms with Crippen LogP contribution in [0.3, 0.4) is 0 Å². The van der Waals surface area contributed by atoms with Gasteiger partial charge in [-0.3, -0.25) is 4.57 Å². The van der Waals surface area contributed by atoms with Crippen LogP contribution in [0, 0.1) is 0 Å². The molecule has 1 aromatic heterocycles. The van der Waals surface area contributed by atoms with Crippen molar-refractivity contribution in [2.45, 2.75) is 23.5 Å². The van der Waals surface area contributed by atoms with Gasteiger partial charge in [-0.25, -0.2) is 14.7 Å². The molecule has 0 aliphatic heterocycles. The van der Waals surface area contributed by atoms with E-state index in [4.69, 9.17) is 10.8 Å². The average Bonchev–Trinajstić information content (AvgIpc) is 2.72. The number of aromatic amines is 1. The number of aromatic carboxylic acids is 1. The topological polar surface area (TPSA) is 114 Å². The maximum atomic E-state index is 11.4. The van der Waals surface area contributed by atoms with Crippen molar-refractivity contribution in [3.63, 3.8) is 0 Å². The normalized spacial score (nSPS) is 10.6. The molecule has 8 heteroatoms. The molecule has 7 nitrogen and oxygen atoms in total. The molecule has 0 radical (unpaired) electrons. The number of benzene rings is 1. The minimum absolute atomic E-state index is 0.122. The zero-order valence-electron chi connectivity index (χ0n) is 10.1. The van der Waals surface area contributed by atoms with E-state index < -0.39 is 5.97 Å². The molecule has 0 bridgehead atoms. The summed E-state index contributed by atoms with van der Waals surface area (Å²) < 4.78 is 1.47. The lowest BCUT2D eigenvalue weighted by Gasteiger charge is -2.06. The highest BCUT2D eigenvalue weighted by Crippen LogP contribution is 2.30. The van der Waals surface area contributed by atoms with Crippen LogP contribution >= 0.6 is 11.8 Å². The van der Waals surface area contributed by atoms with E-state index in [-0.39, 0.29) is 11.3 Å². The quantitative estimate of drug-likeness (QED) is 0.720. The van der Waals surface area contributed by atoms with Gasteiger partial charge < -0.3 is 10.8 Å². The van der Waals surface area contributed by atoms with Gasteiger partial charge in [0, 0.05) is 17.1 Å². The van der Waals surface area contributed by atoms with Crippen molar-refractivity contribution >= 4 is 23.4 Å². The standard InChI is InChI=1S/C11H12N4O3S/c1-2-15-10(18)13-14-11(15)19-8-4-3-6(9(16)17)5-7(8)12/h3-5H,2,12H2,1H3,(H,13,18)(H,16,17). The molecule has 0 aliphatic rings. The van der Waals surface area contributed by atoms with E-state index in [1.54, 1.807) is 6.07 Å². The third-order valence-electron chi connectivity index (χ3n) is 2.50. The zero-order chi connectivity index (χ0) is 14.0. The molecular formula is C11H12N4O3S. The Balaban J connectivity index is 2.33. The Hall–Kier alpha value is -2.22. The van der Waals surface area contributed by atoms with Gasteiger partial charge in [0.05, 0.1) is 5.56 Å². The molecule has 4 N–H and O–H groups in total. The number of nitrogens with zero attached hydrogens (tertiary/aromatic N) is 2. The molecule has 0 unspecified atom stereocenters. The second kappa shape index (κ2) is 5.19. The first-order valence-corrected chi connectivity index (χ1v) is 6.30. The number of hydrogen-bond donors (Lipinski definition) is 3. The van der Waals surface area contributed by atoms with Gasteiger partial charge in [0.1, 0.15) is 0 Å². The monoisotopic (exact) mass is 280 g/mol. The average molecular weight is 280 g/mol. The number of carbonyl (C=O) groups is 1. The van der Waals surface area contributed by atoms with Gasteiger partial charge >= 0.3 is 11.7 Å². The Labute approximate surface area is 112 Å². The van der Waals surface area contributed by atoms with E-state index in [2.05, 4.69) is 10.2 Å². The first kappa shape index (κ1) is 13.2. The summed E-state index contributed by atoms with van der Waals surface area (Å²) in [7, 11) is 0. The number of nitrogen functional groups attached to an aromatic ring is 1. The second-order valence-electron chi connectivity index (χ2n) is 3.72. The Morgan fingerprint density at radius 1 is 1.58 bits per heavy atom. The molecular weight excluding hydrogens is 268 g/mol. The fourth-order valence-corrected chi connectivity index (χ4v) is 2.46. The Bertz CT molecular complexity index is 677. The first-order chi connectivity index (χ1) is 9.02. The number of nitrogens with one attached hydrogen (secondary N) is 1.